The smallest absolute Gasteiger partial charge is 0.256 e. The average Bonchev–Trinajstić information content (AvgIpc) is 2.14. The molecule has 78 valence electrons. The molecule has 4 nitrogen and oxygen atoms in total. The molecule has 0 radical (unpaired) electrons. The number of amides is 1. The van der Waals surface area contributed by atoms with Crippen molar-refractivity contribution < 1.29 is 14.3 Å². The van der Waals surface area contributed by atoms with Gasteiger partial charge in [-0.25, -0.2) is 0 Å². The molecule has 4 heteroatoms. The second-order valence-electron chi connectivity index (χ2n) is 3.96. The summed E-state index contributed by atoms with van der Waals surface area (Å²) in [6, 6.07) is 0. The van der Waals surface area contributed by atoms with Crippen LogP contribution < -0.4 is 0 Å². The number of rotatable bonds is 2. The molecule has 0 aromatic rings. The summed E-state index contributed by atoms with van der Waals surface area (Å²) >= 11 is 0. The van der Waals surface area contributed by atoms with Gasteiger partial charge in [0, 0.05) is 0 Å². The van der Waals surface area contributed by atoms with E-state index in [9.17, 15) is 9.59 Å². The first-order chi connectivity index (χ1) is 6.40. The first kappa shape index (κ1) is 10.8. The Bertz CT molecular complexity index is 304. The molecule has 0 bridgehead atoms. The molecule has 1 amide bonds. The van der Waals surface area contributed by atoms with Crippen molar-refractivity contribution in [2.45, 2.75) is 33.2 Å². The molecule has 0 atom stereocenters. The van der Waals surface area contributed by atoms with Crippen LogP contribution in [0.5, 0.6) is 0 Å². The van der Waals surface area contributed by atoms with Crippen molar-refractivity contribution in [2.24, 2.45) is 0 Å². The highest BCUT2D eigenvalue weighted by molar-refractivity contribution is 5.96. The van der Waals surface area contributed by atoms with E-state index in [1.165, 1.54) is 4.90 Å². The van der Waals surface area contributed by atoms with Gasteiger partial charge in [-0.3, -0.25) is 9.69 Å². The van der Waals surface area contributed by atoms with Crippen molar-refractivity contribution in [3.8, 4) is 0 Å². The van der Waals surface area contributed by atoms with Crippen LogP contribution in [0.2, 0.25) is 0 Å². The van der Waals surface area contributed by atoms with Gasteiger partial charge in [-0.2, -0.15) is 0 Å². The number of allylic oxidation sites excluding steroid dienone is 1. The maximum Gasteiger partial charge on any atom is 0.256 e. The highest BCUT2D eigenvalue weighted by Crippen LogP contribution is 2.22. The lowest BCUT2D eigenvalue weighted by Crippen LogP contribution is -2.52. The molecule has 0 aromatic heterocycles. The maximum atomic E-state index is 11.8. The predicted molar refractivity (Wildman–Crippen MR) is 51.3 cm³/mol. The fraction of sp³-hybridized carbons (Fsp3) is 0.600. The molecule has 1 aliphatic heterocycles. The van der Waals surface area contributed by atoms with E-state index in [4.69, 9.17) is 4.74 Å². The van der Waals surface area contributed by atoms with Crippen LogP contribution in [0, 0.1) is 0 Å². The summed E-state index contributed by atoms with van der Waals surface area (Å²) in [5, 5.41) is 0. The van der Waals surface area contributed by atoms with Gasteiger partial charge in [0.25, 0.3) is 5.91 Å². The molecule has 1 heterocycles. The minimum absolute atomic E-state index is 0.133. The van der Waals surface area contributed by atoms with Crippen LogP contribution >= 0.6 is 0 Å². The molecule has 0 aromatic carbocycles. The van der Waals surface area contributed by atoms with Crippen molar-refractivity contribution in [3.05, 3.63) is 11.3 Å². The van der Waals surface area contributed by atoms with Crippen LogP contribution in [0.3, 0.4) is 0 Å². The summed E-state index contributed by atoms with van der Waals surface area (Å²) < 4.78 is 5.29. The Hall–Kier alpha value is -1.32. The third-order valence-corrected chi connectivity index (χ3v) is 2.49. The summed E-state index contributed by atoms with van der Waals surface area (Å²) in [7, 11) is 0. The summed E-state index contributed by atoms with van der Waals surface area (Å²) in [6.07, 6.45) is 0.752. The Balaban J connectivity index is 2.98. The van der Waals surface area contributed by atoms with Gasteiger partial charge < -0.3 is 9.53 Å². The van der Waals surface area contributed by atoms with Gasteiger partial charge in [0.15, 0.2) is 6.73 Å². The van der Waals surface area contributed by atoms with Crippen LogP contribution in [0.1, 0.15) is 27.7 Å². The number of hydrogen-bond donors (Lipinski definition) is 0. The van der Waals surface area contributed by atoms with E-state index < -0.39 is 5.54 Å². The van der Waals surface area contributed by atoms with E-state index in [1.807, 2.05) is 0 Å². The third-order valence-electron chi connectivity index (χ3n) is 2.49. The van der Waals surface area contributed by atoms with Gasteiger partial charge >= 0.3 is 0 Å². The van der Waals surface area contributed by atoms with Gasteiger partial charge in [-0.1, -0.05) is 0 Å². The molecule has 0 saturated carbocycles. The Labute approximate surface area is 83.5 Å². The van der Waals surface area contributed by atoms with Crippen molar-refractivity contribution in [1.29, 1.82) is 0 Å². The second-order valence-corrected chi connectivity index (χ2v) is 3.96. The van der Waals surface area contributed by atoms with E-state index in [-0.39, 0.29) is 12.6 Å². The lowest BCUT2D eigenvalue weighted by atomic mass is 10.0. The summed E-state index contributed by atoms with van der Waals surface area (Å²) in [5.41, 5.74) is -0.245. The van der Waals surface area contributed by atoms with E-state index >= 15 is 0 Å². The predicted octanol–water partition coefficient (Wildman–Crippen LogP) is 1.07. The van der Waals surface area contributed by atoms with Crippen molar-refractivity contribution in [3.63, 3.8) is 0 Å². The van der Waals surface area contributed by atoms with Crippen LogP contribution in [-0.2, 0) is 14.3 Å². The SMILES string of the molecule is CC1=C(C)C(=O)N(C(C)(C)C=O)CO1. The van der Waals surface area contributed by atoms with Gasteiger partial charge in [0.1, 0.15) is 12.0 Å². The highest BCUT2D eigenvalue weighted by Gasteiger charge is 2.34. The van der Waals surface area contributed by atoms with E-state index in [2.05, 4.69) is 0 Å². The molecular weight excluding hydrogens is 182 g/mol. The summed E-state index contributed by atoms with van der Waals surface area (Å²) in [6.45, 7) is 6.97. The lowest BCUT2D eigenvalue weighted by molar-refractivity contribution is -0.146. The van der Waals surface area contributed by atoms with Crippen molar-refractivity contribution in [1.82, 2.24) is 4.90 Å². The molecule has 0 unspecified atom stereocenters. The fourth-order valence-corrected chi connectivity index (χ4v) is 1.17. The zero-order valence-corrected chi connectivity index (χ0v) is 8.96. The molecule has 14 heavy (non-hydrogen) atoms. The van der Waals surface area contributed by atoms with Gasteiger partial charge in [-0.05, 0) is 27.7 Å². The number of aldehydes is 1. The first-order valence-corrected chi connectivity index (χ1v) is 4.48. The van der Waals surface area contributed by atoms with Crippen LogP contribution in [0.25, 0.3) is 0 Å². The highest BCUT2D eigenvalue weighted by atomic mass is 16.5. The number of hydrogen-bond acceptors (Lipinski definition) is 3. The summed E-state index contributed by atoms with van der Waals surface area (Å²) in [4.78, 5) is 24.0. The second kappa shape index (κ2) is 3.44. The molecule has 0 aliphatic carbocycles. The number of nitrogens with zero attached hydrogens (tertiary/aromatic N) is 1. The molecule has 0 fully saturated rings. The van der Waals surface area contributed by atoms with Crippen LogP contribution in [0.4, 0.5) is 0 Å². The normalized spacial score (nSPS) is 18.3. The number of carbonyl (C=O) groups is 2. The Kier molecular flexibility index (Phi) is 2.64. The Morgan fingerprint density at radius 2 is 2.00 bits per heavy atom. The number of ether oxygens (including phenoxy) is 1. The zero-order chi connectivity index (χ0) is 10.9. The van der Waals surface area contributed by atoms with E-state index in [0.717, 1.165) is 6.29 Å². The van der Waals surface area contributed by atoms with Gasteiger partial charge in [0.05, 0.1) is 11.1 Å². The van der Waals surface area contributed by atoms with Crippen LogP contribution in [-0.4, -0.2) is 29.4 Å². The average molecular weight is 197 g/mol. The maximum absolute atomic E-state index is 11.8. The minimum Gasteiger partial charge on any atom is -0.477 e. The Morgan fingerprint density at radius 3 is 2.50 bits per heavy atom. The van der Waals surface area contributed by atoms with Crippen molar-refractivity contribution in [2.75, 3.05) is 6.73 Å². The third kappa shape index (κ3) is 1.64. The standard InChI is InChI=1S/C10H15NO3/c1-7-8(2)14-6-11(9(7)13)10(3,4)5-12/h5H,6H2,1-4H3. The fourth-order valence-electron chi connectivity index (χ4n) is 1.17. The van der Waals surface area contributed by atoms with E-state index in [1.54, 1.807) is 27.7 Å². The minimum atomic E-state index is -0.807. The zero-order valence-electron chi connectivity index (χ0n) is 8.96. The lowest BCUT2D eigenvalue weighted by Gasteiger charge is -2.37. The largest absolute Gasteiger partial charge is 0.477 e. The molecule has 1 rings (SSSR count). The van der Waals surface area contributed by atoms with Crippen molar-refractivity contribution >= 4 is 12.2 Å². The monoisotopic (exact) mass is 197 g/mol. The quantitative estimate of drug-likeness (QED) is 0.622. The molecule has 0 N–H and O–H groups in total. The van der Waals surface area contributed by atoms with Gasteiger partial charge in [-0.15, -0.1) is 0 Å². The first-order valence-electron chi connectivity index (χ1n) is 4.48. The number of carbonyl (C=O) groups excluding carboxylic acids is 2. The topological polar surface area (TPSA) is 46.6 Å². The summed E-state index contributed by atoms with van der Waals surface area (Å²) in [5.74, 6) is 0.499. The molecule has 0 saturated heterocycles. The van der Waals surface area contributed by atoms with E-state index in [0.29, 0.717) is 11.3 Å². The van der Waals surface area contributed by atoms with Crippen LogP contribution in [0.15, 0.2) is 11.3 Å². The molecule has 1 aliphatic rings. The van der Waals surface area contributed by atoms with Gasteiger partial charge in [0.2, 0.25) is 0 Å². The Morgan fingerprint density at radius 1 is 1.43 bits per heavy atom. The molecule has 0 spiro atoms. The molecular formula is C10H15NO3.